The summed E-state index contributed by atoms with van der Waals surface area (Å²) in [7, 11) is 0. The van der Waals surface area contributed by atoms with Gasteiger partial charge in [0.25, 0.3) is 11.5 Å². The molecular weight excluding hydrogens is 421 g/mol. The second-order valence-corrected chi connectivity index (χ2v) is 7.69. The van der Waals surface area contributed by atoms with E-state index in [1.807, 2.05) is 42.5 Å². The molecule has 0 atom stereocenters. The first-order valence-corrected chi connectivity index (χ1v) is 10.5. The fraction of sp³-hybridized carbons (Fsp3) is 0.120. The van der Waals surface area contributed by atoms with E-state index < -0.39 is 5.82 Å². The third-order valence-electron chi connectivity index (χ3n) is 5.54. The van der Waals surface area contributed by atoms with Crippen molar-refractivity contribution in [2.75, 3.05) is 6.54 Å². The van der Waals surface area contributed by atoms with Crippen LogP contribution in [0.5, 0.6) is 0 Å². The molecule has 7 nitrogen and oxygen atoms in total. The molecule has 2 heterocycles. The molecule has 0 unspecified atom stereocenters. The SMILES string of the molecule is O=C(NCCn1ncc2c(=O)n(Cc3cccc4ccccc34)cnc21)c1cccc(F)c1. The molecule has 3 aromatic carbocycles. The Bertz CT molecular complexity index is 1530. The van der Waals surface area contributed by atoms with E-state index in [1.165, 1.54) is 30.7 Å². The highest BCUT2D eigenvalue weighted by Crippen LogP contribution is 2.19. The van der Waals surface area contributed by atoms with E-state index in [1.54, 1.807) is 15.3 Å². The number of rotatable bonds is 6. The summed E-state index contributed by atoms with van der Waals surface area (Å²) < 4.78 is 16.4. The van der Waals surface area contributed by atoms with E-state index in [4.69, 9.17) is 0 Å². The van der Waals surface area contributed by atoms with Gasteiger partial charge in [-0.1, -0.05) is 48.5 Å². The van der Waals surface area contributed by atoms with Gasteiger partial charge in [-0.2, -0.15) is 5.10 Å². The van der Waals surface area contributed by atoms with Crippen LogP contribution in [-0.4, -0.2) is 31.8 Å². The van der Waals surface area contributed by atoms with Gasteiger partial charge in [0, 0.05) is 12.1 Å². The quantitative estimate of drug-likeness (QED) is 0.438. The maximum absolute atomic E-state index is 13.3. The van der Waals surface area contributed by atoms with Gasteiger partial charge in [-0.25, -0.2) is 14.1 Å². The highest BCUT2D eigenvalue weighted by molar-refractivity contribution is 5.94. The molecule has 0 aliphatic carbocycles. The molecular formula is C25H20FN5O2. The number of amides is 1. The molecule has 0 bridgehead atoms. The summed E-state index contributed by atoms with van der Waals surface area (Å²) in [6.45, 7) is 0.981. The van der Waals surface area contributed by atoms with Gasteiger partial charge < -0.3 is 5.32 Å². The first-order valence-electron chi connectivity index (χ1n) is 10.5. The Hall–Kier alpha value is -4.33. The monoisotopic (exact) mass is 441 g/mol. The van der Waals surface area contributed by atoms with Crippen LogP contribution in [0.25, 0.3) is 21.8 Å². The number of hydrogen-bond acceptors (Lipinski definition) is 4. The molecule has 0 aliphatic heterocycles. The number of nitrogens with zero attached hydrogens (tertiary/aromatic N) is 4. The zero-order valence-corrected chi connectivity index (χ0v) is 17.6. The normalized spacial score (nSPS) is 11.2. The van der Waals surface area contributed by atoms with Crippen LogP contribution in [0.15, 0.2) is 84.0 Å². The van der Waals surface area contributed by atoms with Crippen molar-refractivity contribution < 1.29 is 9.18 Å². The predicted octanol–water partition coefficient (Wildman–Crippen LogP) is 3.36. The molecule has 164 valence electrons. The smallest absolute Gasteiger partial charge is 0.264 e. The van der Waals surface area contributed by atoms with Gasteiger partial charge in [0.05, 0.1) is 19.3 Å². The molecule has 0 fully saturated rings. The summed E-state index contributed by atoms with van der Waals surface area (Å²) in [5, 5.41) is 9.62. The second-order valence-electron chi connectivity index (χ2n) is 7.69. The molecule has 1 N–H and O–H groups in total. The number of halogens is 1. The van der Waals surface area contributed by atoms with E-state index in [-0.39, 0.29) is 23.6 Å². The zero-order valence-electron chi connectivity index (χ0n) is 17.6. The third-order valence-corrected chi connectivity index (χ3v) is 5.54. The molecule has 0 aliphatic rings. The average Bonchev–Trinajstić information content (AvgIpc) is 3.25. The Morgan fingerprint density at radius 1 is 1.00 bits per heavy atom. The largest absolute Gasteiger partial charge is 0.350 e. The number of aromatic nitrogens is 4. The molecule has 5 aromatic rings. The van der Waals surface area contributed by atoms with Gasteiger partial charge in [-0.15, -0.1) is 0 Å². The summed E-state index contributed by atoms with van der Waals surface area (Å²) in [6, 6.07) is 19.6. The number of carbonyl (C=O) groups is 1. The van der Waals surface area contributed by atoms with Gasteiger partial charge in [0.2, 0.25) is 0 Å². The van der Waals surface area contributed by atoms with Gasteiger partial charge in [-0.05, 0) is 34.5 Å². The molecule has 8 heteroatoms. The molecule has 0 saturated carbocycles. The van der Waals surface area contributed by atoms with Crippen molar-refractivity contribution in [3.05, 3.63) is 107 Å². The first kappa shape index (κ1) is 20.6. The summed E-state index contributed by atoms with van der Waals surface area (Å²) in [5.74, 6) is -0.846. The summed E-state index contributed by atoms with van der Waals surface area (Å²) in [5.41, 5.74) is 1.55. The third kappa shape index (κ3) is 4.10. The molecule has 5 rings (SSSR count). The van der Waals surface area contributed by atoms with Crippen LogP contribution in [0.2, 0.25) is 0 Å². The fourth-order valence-corrected chi connectivity index (χ4v) is 3.89. The lowest BCUT2D eigenvalue weighted by Crippen LogP contribution is -2.28. The van der Waals surface area contributed by atoms with Gasteiger partial charge in [-0.3, -0.25) is 14.2 Å². The molecule has 0 saturated heterocycles. The minimum Gasteiger partial charge on any atom is -0.350 e. The van der Waals surface area contributed by atoms with Gasteiger partial charge in [0.1, 0.15) is 17.5 Å². The van der Waals surface area contributed by atoms with E-state index in [2.05, 4.69) is 15.4 Å². The van der Waals surface area contributed by atoms with Crippen molar-refractivity contribution in [1.82, 2.24) is 24.6 Å². The number of carbonyl (C=O) groups excluding carboxylic acids is 1. The Labute approximate surface area is 188 Å². The maximum Gasteiger partial charge on any atom is 0.264 e. The van der Waals surface area contributed by atoms with Crippen LogP contribution in [0.4, 0.5) is 4.39 Å². The molecule has 1 amide bonds. The summed E-state index contributed by atoms with van der Waals surface area (Å²) in [4.78, 5) is 29.7. The number of hydrogen-bond donors (Lipinski definition) is 1. The standard InChI is InChI=1S/C25H20FN5O2/c26-20-9-4-7-18(13-20)24(32)27-11-12-31-23-22(14-29-31)25(33)30(16-28-23)15-19-8-3-6-17-5-1-2-10-21(17)19/h1-10,13-14,16H,11-12,15H2,(H,27,32). The van der Waals surface area contributed by atoms with Crippen molar-refractivity contribution in [1.29, 1.82) is 0 Å². The topological polar surface area (TPSA) is 81.8 Å². The van der Waals surface area contributed by atoms with Crippen molar-refractivity contribution >= 4 is 27.7 Å². The number of fused-ring (bicyclic) bond motifs is 2. The summed E-state index contributed by atoms with van der Waals surface area (Å²) >= 11 is 0. The molecule has 0 radical (unpaired) electrons. The van der Waals surface area contributed by atoms with Crippen LogP contribution < -0.4 is 10.9 Å². The fourth-order valence-electron chi connectivity index (χ4n) is 3.89. The first-order chi connectivity index (χ1) is 16.1. The van der Waals surface area contributed by atoms with Crippen molar-refractivity contribution in [2.45, 2.75) is 13.1 Å². The van der Waals surface area contributed by atoms with E-state index >= 15 is 0 Å². The van der Waals surface area contributed by atoms with Crippen LogP contribution in [0.3, 0.4) is 0 Å². The second kappa shape index (κ2) is 8.66. The molecule has 0 spiro atoms. The summed E-state index contributed by atoms with van der Waals surface area (Å²) in [6.07, 6.45) is 3.02. The highest BCUT2D eigenvalue weighted by Gasteiger charge is 2.12. The van der Waals surface area contributed by atoms with Crippen molar-refractivity contribution in [2.24, 2.45) is 0 Å². The Balaban J connectivity index is 1.33. The van der Waals surface area contributed by atoms with Crippen LogP contribution in [0, 0.1) is 5.82 Å². The Kier molecular flexibility index (Phi) is 5.40. The van der Waals surface area contributed by atoms with Crippen molar-refractivity contribution in [3.8, 4) is 0 Å². The maximum atomic E-state index is 13.3. The highest BCUT2D eigenvalue weighted by atomic mass is 19.1. The van der Waals surface area contributed by atoms with Gasteiger partial charge >= 0.3 is 0 Å². The number of nitrogens with one attached hydrogen (secondary N) is 1. The van der Waals surface area contributed by atoms with Crippen molar-refractivity contribution in [3.63, 3.8) is 0 Å². The number of benzene rings is 3. The lowest BCUT2D eigenvalue weighted by molar-refractivity contribution is 0.0951. The minimum absolute atomic E-state index is 0.178. The van der Waals surface area contributed by atoms with Crippen LogP contribution >= 0.6 is 0 Å². The van der Waals surface area contributed by atoms with Gasteiger partial charge in [0.15, 0.2) is 5.65 Å². The Morgan fingerprint density at radius 3 is 2.70 bits per heavy atom. The van der Waals surface area contributed by atoms with E-state index in [0.717, 1.165) is 16.3 Å². The minimum atomic E-state index is -0.468. The Morgan fingerprint density at radius 2 is 1.82 bits per heavy atom. The molecule has 33 heavy (non-hydrogen) atoms. The van der Waals surface area contributed by atoms with E-state index in [0.29, 0.717) is 24.1 Å². The van der Waals surface area contributed by atoms with E-state index in [9.17, 15) is 14.0 Å². The lowest BCUT2D eigenvalue weighted by Gasteiger charge is -2.09. The molecule has 2 aromatic heterocycles. The van der Waals surface area contributed by atoms with Crippen LogP contribution in [0.1, 0.15) is 15.9 Å². The van der Waals surface area contributed by atoms with Crippen LogP contribution in [-0.2, 0) is 13.1 Å². The zero-order chi connectivity index (χ0) is 22.8. The predicted molar refractivity (Wildman–Crippen MR) is 124 cm³/mol. The lowest BCUT2D eigenvalue weighted by atomic mass is 10.0. The average molecular weight is 441 g/mol.